The maximum absolute atomic E-state index is 12.1. The molecule has 0 saturated carbocycles. The van der Waals surface area contributed by atoms with Crippen LogP contribution in [-0.4, -0.2) is 17.7 Å². The Labute approximate surface area is 109 Å². The van der Waals surface area contributed by atoms with Gasteiger partial charge in [-0.15, -0.1) is 0 Å². The largest absolute Gasteiger partial charge is 0.457 e. The van der Waals surface area contributed by atoms with Gasteiger partial charge in [-0.25, -0.2) is 0 Å². The van der Waals surface area contributed by atoms with E-state index >= 15 is 0 Å². The predicted molar refractivity (Wildman–Crippen MR) is 71.0 cm³/mol. The summed E-state index contributed by atoms with van der Waals surface area (Å²) in [7, 11) is 0. The minimum atomic E-state index is -0.484. The molecular formula is C15H22O3. The van der Waals surface area contributed by atoms with Gasteiger partial charge in [-0.05, 0) is 25.8 Å². The fourth-order valence-electron chi connectivity index (χ4n) is 1.51. The molecule has 18 heavy (non-hydrogen) atoms. The predicted octanol–water partition coefficient (Wildman–Crippen LogP) is 3.09. The summed E-state index contributed by atoms with van der Waals surface area (Å²) in [6, 6.07) is 9.54. The van der Waals surface area contributed by atoms with Gasteiger partial charge in [-0.3, -0.25) is 4.79 Å². The van der Waals surface area contributed by atoms with E-state index in [0.717, 1.165) is 12.0 Å². The Morgan fingerprint density at radius 3 is 2.44 bits per heavy atom. The topological polar surface area (TPSA) is 46.5 Å². The lowest BCUT2D eigenvalue weighted by molar-refractivity contribution is -0.161. The second-order valence-electron chi connectivity index (χ2n) is 5.05. The number of aliphatic hydroxyl groups is 1. The van der Waals surface area contributed by atoms with Crippen LogP contribution in [0.2, 0.25) is 0 Å². The SMILES string of the molecule is CCC(C)(C)C(=O)OC(CCO)c1ccccc1. The van der Waals surface area contributed by atoms with Crippen molar-refractivity contribution in [2.45, 2.75) is 39.7 Å². The van der Waals surface area contributed by atoms with Crippen LogP contribution in [0.3, 0.4) is 0 Å². The highest BCUT2D eigenvalue weighted by Gasteiger charge is 2.29. The maximum Gasteiger partial charge on any atom is 0.312 e. The normalized spacial score (nSPS) is 13.1. The summed E-state index contributed by atoms with van der Waals surface area (Å²) < 4.78 is 5.53. The third-order valence-electron chi connectivity index (χ3n) is 3.25. The fourth-order valence-corrected chi connectivity index (χ4v) is 1.51. The van der Waals surface area contributed by atoms with Crippen molar-refractivity contribution in [3.8, 4) is 0 Å². The van der Waals surface area contributed by atoms with Crippen molar-refractivity contribution in [3.63, 3.8) is 0 Å². The Morgan fingerprint density at radius 2 is 1.94 bits per heavy atom. The van der Waals surface area contributed by atoms with Crippen molar-refractivity contribution in [1.82, 2.24) is 0 Å². The third-order valence-corrected chi connectivity index (χ3v) is 3.25. The summed E-state index contributed by atoms with van der Waals surface area (Å²) in [6.07, 6.45) is 0.789. The summed E-state index contributed by atoms with van der Waals surface area (Å²) >= 11 is 0. The number of ether oxygens (including phenoxy) is 1. The first-order chi connectivity index (χ1) is 8.51. The van der Waals surface area contributed by atoms with Gasteiger partial charge in [0.2, 0.25) is 0 Å². The van der Waals surface area contributed by atoms with Crippen molar-refractivity contribution in [2.24, 2.45) is 5.41 Å². The van der Waals surface area contributed by atoms with Gasteiger partial charge >= 0.3 is 5.97 Å². The fraction of sp³-hybridized carbons (Fsp3) is 0.533. The molecule has 3 nitrogen and oxygen atoms in total. The van der Waals surface area contributed by atoms with Gasteiger partial charge in [0.05, 0.1) is 5.41 Å². The van der Waals surface area contributed by atoms with E-state index in [-0.39, 0.29) is 18.7 Å². The van der Waals surface area contributed by atoms with Gasteiger partial charge in [0, 0.05) is 13.0 Å². The first-order valence-corrected chi connectivity index (χ1v) is 6.38. The molecule has 0 aliphatic heterocycles. The van der Waals surface area contributed by atoms with E-state index in [0.29, 0.717) is 6.42 Å². The Kier molecular flexibility index (Phi) is 5.35. The molecule has 0 aliphatic carbocycles. The molecule has 0 heterocycles. The number of aliphatic hydroxyl groups excluding tert-OH is 1. The van der Waals surface area contributed by atoms with E-state index in [9.17, 15) is 4.79 Å². The van der Waals surface area contributed by atoms with Gasteiger partial charge in [0.25, 0.3) is 0 Å². The molecule has 0 bridgehead atoms. The van der Waals surface area contributed by atoms with Crippen LogP contribution in [0, 0.1) is 5.41 Å². The molecule has 0 aliphatic rings. The first kappa shape index (κ1) is 14.7. The van der Waals surface area contributed by atoms with Gasteiger partial charge in [-0.1, -0.05) is 37.3 Å². The van der Waals surface area contributed by atoms with E-state index in [1.807, 2.05) is 51.1 Å². The van der Waals surface area contributed by atoms with Gasteiger partial charge in [0.15, 0.2) is 0 Å². The van der Waals surface area contributed by atoms with Crippen molar-refractivity contribution in [2.75, 3.05) is 6.61 Å². The molecule has 1 aromatic carbocycles. The summed E-state index contributed by atoms with van der Waals surface area (Å²) in [5.74, 6) is -0.215. The Hall–Kier alpha value is -1.35. The van der Waals surface area contributed by atoms with Crippen LogP contribution < -0.4 is 0 Å². The summed E-state index contributed by atoms with van der Waals surface area (Å²) in [5, 5.41) is 9.08. The second-order valence-corrected chi connectivity index (χ2v) is 5.05. The van der Waals surface area contributed by atoms with Crippen molar-refractivity contribution >= 4 is 5.97 Å². The first-order valence-electron chi connectivity index (χ1n) is 6.38. The van der Waals surface area contributed by atoms with Crippen molar-refractivity contribution in [3.05, 3.63) is 35.9 Å². The van der Waals surface area contributed by atoms with Gasteiger partial charge in [-0.2, -0.15) is 0 Å². The Bertz CT molecular complexity index is 371. The molecule has 1 aromatic rings. The molecule has 0 saturated heterocycles. The zero-order valence-electron chi connectivity index (χ0n) is 11.3. The zero-order chi connectivity index (χ0) is 13.6. The number of carbonyl (C=O) groups is 1. The van der Waals surface area contributed by atoms with Crippen LogP contribution in [-0.2, 0) is 9.53 Å². The number of hydrogen-bond donors (Lipinski definition) is 1. The summed E-state index contributed by atoms with van der Waals surface area (Å²) in [4.78, 5) is 12.1. The van der Waals surface area contributed by atoms with Gasteiger partial charge in [0.1, 0.15) is 6.10 Å². The number of esters is 1. The molecule has 1 N–H and O–H groups in total. The maximum atomic E-state index is 12.1. The molecule has 0 aromatic heterocycles. The molecular weight excluding hydrogens is 228 g/mol. The molecule has 3 heteroatoms. The molecule has 1 atom stereocenters. The quantitative estimate of drug-likeness (QED) is 0.789. The monoisotopic (exact) mass is 250 g/mol. The van der Waals surface area contributed by atoms with Crippen molar-refractivity contribution in [1.29, 1.82) is 0 Å². The lowest BCUT2D eigenvalue weighted by Crippen LogP contribution is -2.27. The second kappa shape index (κ2) is 6.55. The van der Waals surface area contributed by atoms with Crippen LogP contribution in [0.5, 0.6) is 0 Å². The number of rotatable bonds is 6. The standard InChI is InChI=1S/C15H22O3/c1-4-15(2,3)14(17)18-13(10-11-16)12-8-6-5-7-9-12/h5-9,13,16H,4,10-11H2,1-3H3. The molecule has 0 radical (unpaired) electrons. The van der Waals surface area contributed by atoms with E-state index in [2.05, 4.69) is 0 Å². The Balaban J connectivity index is 2.79. The highest BCUT2D eigenvalue weighted by Crippen LogP contribution is 2.28. The number of benzene rings is 1. The van der Waals surface area contributed by atoms with E-state index in [1.165, 1.54) is 0 Å². The lowest BCUT2D eigenvalue weighted by atomic mass is 9.90. The highest BCUT2D eigenvalue weighted by atomic mass is 16.5. The van der Waals surface area contributed by atoms with Crippen LogP contribution in [0.15, 0.2) is 30.3 Å². The molecule has 100 valence electrons. The van der Waals surface area contributed by atoms with E-state index in [4.69, 9.17) is 9.84 Å². The van der Waals surface area contributed by atoms with Crippen LogP contribution in [0.4, 0.5) is 0 Å². The molecule has 0 spiro atoms. The van der Waals surface area contributed by atoms with E-state index < -0.39 is 5.41 Å². The highest BCUT2D eigenvalue weighted by molar-refractivity contribution is 5.76. The third kappa shape index (κ3) is 3.84. The van der Waals surface area contributed by atoms with Crippen LogP contribution >= 0.6 is 0 Å². The number of carbonyl (C=O) groups excluding carboxylic acids is 1. The van der Waals surface area contributed by atoms with Crippen molar-refractivity contribution < 1.29 is 14.6 Å². The molecule has 1 unspecified atom stereocenters. The molecule has 1 rings (SSSR count). The average molecular weight is 250 g/mol. The molecule has 0 amide bonds. The van der Waals surface area contributed by atoms with E-state index in [1.54, 1.807) is 0 Å². The van der Waals surface area contributed by atoms with Gasteiger partial charge < -0.3 is 9.84 Å². The summed E-state index contributed by atoms with van der Waals surface area (Å²) in [6.45, 7) is 5.71. The average Bonchev–Trinajstić information content (AvgIpc) is 2.39. The smallest absolute Gasteiger partial charge is 0.312 e. The summed E-state index contributed by atoms with van der Waals surface area (Å²) in [5.41, 5.74) is 0.439. The lowest BCUT2D eigenvalue weighted by Gasteiger charge is -2.25. The minimum Gasteiger partial charge on any atom is -0.457 e. The Morgan fingerprint density at radius 1 is 1.33 bits per heavy atom. The van der Waals surface area contributed by atoms with Crippen LogP contribution in [0.1, 0.15) is 45.3 Å². The number of hydrogen-bond acceptors (Lipinski definition) is 3. The molecule has 0 fully saturated rings. The zero-order valence-corrected chi connectivity index (χ0v) is 11.3. The van der Waals surface area contributed by atoms with Crippen LogP contribution in [0.25, 0.3) is 0 Å². The minimum absolute atomic E-state index is 0.000601.